The van der Waals surface area contributed by atoms with Gasteiger partial charge in [-0.1, -0.05) is 6.07 Å². The molecule has 1 N–H and O–H groups in total. The third kappa shape index (κ3) is 3.81. The molecule has 1 heterocycles. The molecule has 18 heavy (non-hydrogen) atoms. The maximum atomic E-state index is 10.8. The summed E-state index contributed by atoms with van der Waals surface area (Å²) in [6, 6.07) is 3.96. The zero-order chi connectivity index (χ0) is 12.8. The summed E-state index contributed by atoms with van der Waals surface area (Å²) in [4.78, 5) is 14.9. The number of aliphatic carboxylic acids is 1. The molecule has 1 aliphatic carbocycles. The second-order valence-corrected chi connectivity index (χ2v) is 4.79. The molecule has 2 rings (SSSR count). The normalized spacial score (nSPS) is 23.8. The standard InChI is InChI=1S/C14H19NO3/c16-14(17)12-3-5-13(6-4-12)18-9-7-11-2-1-8-15-10-11/h1-2,8,10,12-13H,3-7,9H2,(H,16,17). The number of pyridine rings is 1. The predicted molar refractivity (Wildman–Crippen MR) is 67.3 cm³/mol. The van der Waals surface area contributed by atoms with E-state index < -0.39 is 5.97 Å². The largest absolute Gasteiger partial charge is 0.481 e. The van der Waals surface area contributed by atoms with Crippen molar-refractivity contribution in [2.45, 2.75) is 38.2 Å². The van der Waals surface area contributed by atoms with Crippen LogP contribution in [0.4, 0.5) is 0 Å². The van der Waals surface area contributed by atoms with E-state index in [0.29, 0.717) is 6.61 Å². The minimum atomic E-state index is -0.663. The van der Waals surface area contributed by atoms with Crippen molar-refractivity contribution < 1.29 is 14.6 Å². The van der Waals surface area contributed by atoms with Gasteiger partial charge in [-0.3, -0.25) is 9.78 Å². The number of ether oxygens (including phenoxy) is 1. The van der Waals surface area contributed by atoms with Crippen LogP contribution in [0.15, 0.2) is 24.5 Å². The maximum absolute atomic E-state index is 10.8. The monoisotopic (exact) mass is 249 g/mol. The Bertz CT molecular complexity index is 372. The lowest BCUT2D eigenvalue weighted by Crippen LogP contribution is -2.26. The third-order valence-electron chi connectivity index (χ3n) is 3.49. The molecule has 4 heteroatoms. The number of hydrogen-bond acceptors (Lipinski definition) is 3. The molecule has 1 aliphatic rings. The molecule has 0 spiro atoms. The van der Waals surface area contributed by atoms with Gasteiger partial charge in [0, 0.05) is 12.4 Å². The van der Waals surface area contributed by atoms with Gasteiger partial charge in [-0.2, -0.15) is 0 Å². The zero-order valence-electron chi connectivity index (χ0n) is 10.4. The molecule has 1 aromatic rings. The first-order chi connectivity index (χ1) is 8.75. The van der Waals surface area contributed by atoms with Crippen LogP contribution in [-0.4, -0.2) is 28.8 Å². The molecule has 0 radical (unpaired) electrons. The highest BCUT2D eigenvalue weighted by molar-refractivity contribution is 5.70. The van der Waals surface area contributed by atoms with Gasteiger partial charge in [0.1, 0.15) is 0 Å². The fourth-order valence-corrected chi connectivity index (χ4v) is 2.37. The Morgan fingerprint density at radius 3 is 2.78 bits per heavy atom. The summed E-state index contributed by atoms with van der Waals surface area (Å²) in [5.74, 6) is -0.827. The van der Waals surface area contributed by atoms with E-state index in [1.165, 1.54) is 5.56 Å². The molecule has 0 aliphatic heterocycles. The molecule has 1 aromatic heterocycles. The Hall–Kier alpha value is -1.42. The van der Waals surface area contributed by atoms with Gasteiger partial charge < -0.3 is 9.84 Å². The van der Waals surface area contributed by atoms with Crippen molar-refractivity contribution in [3.8, 4) is 0 Å². The lowest BCUT2D eigenvalue weighted by molar-refractivity contribution is -0.143. The van der Waals surface area contributed by atoms with Crippen molar-refractivity contribution in [2.75, 3.05) is 6.61 Å². The molecule has 1 saturated carbocycles. The Balaban J connectivity index is 1.65. The first kappa shape index (κ1) is 13.0. The Morgan fingerprint density at radius 2 is 2.17 bits per heavy atom. The highest BCUT2D eigenvalue weighted by atomic mass is 16.5. The molecule has 0 bridgehead atoms. The van der Waals surface area contributed by atoms with Crippen LogP contribution >= 0.6 is 0 Å². The smallest absolute Gasteiger partial charge is 0.306 e. The molecular weight excluding hydrogens is 230 g/mol. The second kappa shape index (κ2) is 6.50. The van der Waals surface area contributed by atoms with Crippen molar-refractivity contribution in [1.82, 2.24) is 4.98 Å². The lowest BCUT2D eigenvalue weighted by atomic mass is 9.87. The fraction of sp³-hybridized carbons (Fsp3) is 0.571. The molecule has 0 aromatic carbocycles. The van der Waals surface area contributed by atoms with E-state index in [4.69, 9.17) is 9.84 Å². The van der Waals surface area contributed by atoms with Crippen LogP contribution in [0.1, 0.15) is 31.2 Å². The van der Waals surface area contributed by atoms with Gasteiger partial charge in [0.15, 0.2) is 0 Å². The van der Waals surface area contributed by atoms with Crippen LogP contribution in [0.25, 0.3) is 0 Å². The van der Waals surface area contributed by atoms with E-state index in [0.717, 1.165) is 32.1 Å². The van der Waals surface area contributed by atoms with Crippen molar-refractivity contribution >= 4 is 5.97 Å². The lowest BCUT2D eigenvalue weighted by Gasteiger charge is -2.26. The van der Waals surface area contributed by atoms with Crippen molar-refractivity contribution in [3.63, 3.8) is 0 Å². The predicted octanol–water partition coefficient (Wildman–Crippen LogP) is 2.28. The number of rotatable bonds is 5. The van der Waals surface area contributed by atoms with Crippen LogP contribution < -0.4 is 0 Å². The average molecular weight is 249 g/mol. The molecule has 98 valence electrons. The molecular formula is C14H19NO3. The summed E-state index contributed by atoms with van der Waals surface area (Å²) in [5, 5.41) is 8.90. The first-order valence-corrected chi connectivity index (χ1v) is 6.49. The Labute approximate surface area is 107 Å². The molecule has 1 fully saturated rings. The van der Waals surface area contributed by atoms with Gasteiger partial charge in [0.2, 0.25) is 0 Å². The van der Waals surface area contributed by atoms with Crippen LogP contribution in [0.3, 0.4) is 0 Å². The topological polar surface area (TPSA) is 59.4 Å². The number of carboxylic acids is 1. The maximum Gasteiger partial charge on any atom is 0.306 e. The van der Waals surface area contributed by atoms with E-state index in [1.807, 2.05) is 18.3 Å². The van der Waals surface area contributed by atoms with Crippen molar-refractivity contribution in [1.29, 1.82) is 0 Å². The molecule has 0 amide bonds. The minimum Gasteiger partial charge on any atom is -0.481 e. The van der Waals surface area contributed by atoms with Crippen LogP contribution in [0, 0.1) is 5.92 Å². The number of hydrogen-bond donors (Lipinski definition) is 1. The van der Waals surface area contributed by atoms with Crippen molar-refractivity contribution in [2.24, 2.45) is 5.92 Å². The summed E-state index contributed by atoms with van der Waals surface area (Å²) >= 11 is 0. The summed E-state index contributed by atoms with van der Waals surface area (Å²) in [7, 11) is 0. The van der Waals surface area contributed by atoms with E-state index in [2.05, 4.69) is 4.98 Å². The Morgan fingerprint density at radius 1 is 1.39 bits per heavy atom. The Kier molecular flexibility index (Phi) is 4.70. The highest BCUT2D eigenvalue weighted by Crippen LogP contribution is 2.26. The van der Waals surface area contributed by atoms with Crippen molar-refractivity contribution in [3.05, 3.63) is 30.1 Å². The summed E-state index contributed by atoms with van der Waals surface area (Å²) in [6.45, 7) is 0.689. The van der Waals surface area contributed by atoms with Crippen LogP contribution in [-0.2, 0) is 16.0 Å². The first-order valence-electron chi connectivity index (χ1n) is 6.49. The van der Waals surface area contributed by atoms with E-state index in [1.54, 1.807) is 6.20 Å². The van der Waals surface area contributed by atoms with Gasteiger partial charge in [-0.05, 0) is 43.7 Å². The molecule has 4 nitrogen and oxygen atoms in total. The van der Waals surface area contributed by atoms with Crippen LogP contribution in [0.2, 0.25) is 0 Å². The molecule has 0 atom stereocenters. The van der Waals surface area contributed by atoms with E-state index >= 15 is 0 Å². The van der Waals surface area contributed by atoms with Gasteiger partial charge in [0.25, 0.3) is 0 Å². The SMILES string of the molecule is O=C(O)C1CCC(OCCc2cccnc2)CC1. The fourth-order valence-electron chi connectivity index (χ4n) is 2.37. The molecule has 0 saturated heterocycles. The second-order valence-electron chi connectivity index (χ2n) is 4.79. The number of carboxylic acid groups (broad SMARTS) is 1. The van der Waals surface area contributed by atoms with Gasteiger partial charge in [0.05, 0.1) is 18.6 Å². The quantitative estimate of drug-likeness (QED) is 0.869. The van der Waals surface area contributed by atoms with Crippen LogP contribution in [0.5, 0.6) is 0 Å². The summed E-state index contributed by atoms with van der Waals surface area (Å²) in [5.41, 5.74) is 1.18. The highest BCUT2D eigenvalue weighted by Gasteiger charge is 2.25. The van der Waals surface area contributed by atoms with Gasteiger partial charge in [-0.15, -0.1) is 0 Å². The van der Waals surface area contributed by atoms with Gasteiger partial charge in [-0.25, -0.2) is 0 Å². The summed E-state index contributed by atoms with van der Waals surface area (Å²) in [6.07, 6.45) is 7.93. The van der Waals surface area contributed by atoms with E-state index in [9.17, 15) is 4.79 Å². The number of nitrogens with zero attached hydrogens (tertiary/aromatic N) is 1. The van der Waals surface area contributed by atoms with E-state index in [-0.39, 0.29) is 12.0 Å². The number of aromatic nitrogens is 1. The minimum absolute atomic E-state index is 0.164. The zero-order valence-corrected chi connectivity index (χ0v) is 10.4. The average Bonchev–Trinajstić information content (AvgIpc) is 2.40. The summed E-state index contributed by atoms with van der Waals surface area (Å²) < 4.78 is 5.79. The van der Waals surface area contributed by atoms with Gasteiger partial charge >= 0.3 is 5.97 Å². The molecule has 0 unspecified atom stereocenters. The number of carbonyl (C=O) groups is 1. The third-order valence-corrected chi connectivity index (χ3v) is 3.49.